The summed E-state index contributed by atoms with van der Waals surface area (Å²) in [5, 5.41) is 9.68. The minimum absolute atomic E-state index is 0.145. The summed E-state index contributed by atoms with van der Waals surface area (Å²) < 4.78 is 6.78. The van der Waals surface area contributed by atoms with Gasteiger partial charge >= 0.3 is 0 Å². The molecular weight excluding hydrogens is 342 g/mol. The topological polar surface area (TPSA) is 45.7 Å². The van der Waals surface area contributed by atoms with E-state index in [4.69, 9.17) is 4.42 Å². The molecule has 0 fully saturated rings. The number of para-hydroxylation sites is 2. The SMILES string of the molecule is Cc1ccc(-c2ccc(C=Nc3ccccc3O)o2)c(Br)c1. The molecule has 22 heavy (non-hydrogen) atoms. The third kappa shape index (κ3) is 3.12. The molecule has 0 bridgehead atoms. The molecule has 3 rings (SSSR count). The smallest absolute Gasteiger partial charge is 0.145 e. The van der Waals surface area contributed by atoms with Gasteiger partial charge in [0.15, 0.2) is 0 Å². The third-order valence-electron chi connectivity index (χ3n) is 3.23. The number of benzene rings is 2. The van der Waals surface area contributed by atoms with Crippen LogP contribution in [0.3, 0.4) is 0 Å². The number of halogens is 1. The number of aryl methyl sites for hydroxylation is 1. The summed E-state index contributed by atoms with van der Waals surface area (Å²) in [6, 6.07) is 16.8. The average molecular weight is 356 g/mol. The zero-order valence-corrected chi connectivity index (χ0v) is 13.5. The van der Waals surface area contributed by atoms with E-state index in [9.17, 15) is 5.11 Å². The number of nitrogens with zero attached hydrogens (tertiary/aromatic N) is 1. The fourth-order valence-electron chi connectivity index (χ4n) is 2.09. The van der Waals surface area contributed by atoms with Crippen LogP contribution in [-0.4, -0.2) is 11.3 Å². The molecule has 1 aromatic heterocycles. The monoisotopic (exact) mass is 355 g/mol. The molecule has 0 aliphatic carbocycles. The van der Waals surface area contributed by atoms with Crippen LogP contribution in [0.5, 0.6) is 5.75 Å². The van der Waals surface area contributed by atoms with Crippen LogP contribution in [0.1, 0.15) is 11.3 Å². The van der Waals surface area contributed by atoms with Crippen LogP contribution in [0.25, 0.3) is 11.3 Å². The molecule has 0 aliphatic heterocycles. The molecular formula is C18H14BrNO2. The molecule has 110 valence electrons. The Morgan fingerprint density at radius 3 is 2.68 bits per heavy atom. The van der Waals surface area contributed by atoms with Gasteiger partial charge in [-0.1, -0.05) is 34.1 Å². The fourth-order valence-corrected chi connectivity index (χ4v) is 2.78. The number of hydrogen-bond donors (Lipinski definition) is 1. The predicted molar refractivity (Wildman–Crippen MR) is 91.9 cm³/mol. The van der Waals surface area contributed by atoms with Gasteiger partial charge in [0.2, 0.25) is 0 Å². The Labute approximate surface area is 137 Å². The van der Waals surface area contributed by atoms with E-state index in [1.165, 1.54) is 5.56 Å². The molecule has 0 saturated carbocycles. The van der Waals surface area contributed by atoms with E-state index >= 15 is 0 Å². The number of phenols is 1. The van der Waals surface area contributed by atoms with E-state index in [1.807, 2.05) is 43.3 Å². The van der Waals surface area contributed by atoms with Crippen LogP contribution in [0.15, 0.2) is 68.5 Å². The van der Waals surface area contributed by atoms with Crippen molar-refractivity contribution in [1.82, 2.24) is 0 Å². The predicted octanol–water partition coefficient (Wildman–Crippen LogP) is 5.47. The molecule has 2 aromatic carbocycles. The van der Waals surface area contributed by atoms with Crippen LogP contribution in [0.4, 0.5) is 5.69 Å². The number of rotatable bonds is 3. The van der Waals surface area contributed by atoms with Crippen molar-refractivity contribution in [3.63, 3.8) is 0 Å². The van der Waals surface area contributed by atoms with E-state index in [1.54, 1.807) is 24.4 Å². The normalized spacial score (nSPS) is 11.2. The fraction of sp³-hybridized carbons (Fsp3) is 0.0556. The van der Waals surface area contributed by atoms with Crippen molar-refractivity contribution in [3.8, 4) is 17.1 Å². The minimum atomic E-state index is 0.145. The second-order valence-corrected chi connectivity index (χ2v) is 5.79. The van der Waals surface area contributed by atoms with Gasteiger partial charge in [-0.25, -0.2) is 4.99 Å². The molecule has 1 heterocycles. The van der Waals surface area contributed by atoms with Gasteiger partial charge in [-0.2, -0.15) is 0 Å². The average Bonchev–Trinajstić information content (AvgIpc) is 2.95. The molecule has 4 heteroatoms. The summed E-state index contributed by atoms with van der Waals surface area (Å²) in [7, 11) is 0. The van der Waals surface area contributed by atoms with E-state index in [0.29, 0.717) is 11.4 Å². The van der Waals surface area contributed by atoms with Crippen molar-refractivity contribution in [3.05, 3.63) is 70.4 Å². The molecule has 3 aromatic rings. The van der Waals surface area contributed by atoms with Crippen LogP contribution in [-0.2, 0) is 0 Å². The first kappa shape index (κ1) is 14.6. The highest BCUT2D eigenvalue weighted by atomic mass is 79.9. The Morgan fingerprint density at radius 2 is 1.91 bits per heavy atom. The maximum absolute atomic E-state index is 9.68. The Balaban J connectivity index is 1.86. The van der Waals surface area contributed by atoms with Gasteiger partial charge in [0.05, 0.1) is 6.21 Å². The van der Waals surface area contributed by atoms with Gasteiger partial charge in [0.1, 0.15) is 23.0 Å². The molecule has 0 atom stereocenters. The molecule has 0 spiro atoms. The summed E-state index contributed by atoms with van der Waals surface area (Å²) in [6.07, 6.45) is 1.60. The van der Waals surface area contributed by atoms with Gasteiger partial charge < -0.3 is 9.52 Å². The Morgan fingerprint density at radius 1 is 1.09 bits per heavy atom. The highest BCUT2D eigenvalue weighted by Gasteiger charge is 2.07. The minimum Gasteiger partial charge on any atom is -0.506 e. The Hall–Kier alpha value is -2.33. The largest absolute Gasteiger partial charge is 0.506 e. The molecule has 0 radical (unpaired) electrons. The summed E-state index contributed by atoms with van der Waals surface area (Å²) in [5.41, 5.74) is 2.69. The highest BCUT2D eigenvalue weighted by Crippen LogP contribution is 2.30. The zero-order chi connectivity index (χ0) is 15.5. The number of phenolic OH excluding ortho intramolecular Hbond substituents is 1. The molecule has 0 aliphatic rings. The first-order chi connectivity index (χ1) is 10.6. The molecule has 0 saturated heterocycles. The van der Waals surface area contributed by atoms with Crippen molar-refractivity contribution in [2.75, 3.05) is 0 Å². The van der Waals surface area contributed by atoms with Gasteiger partial charge in [-0.05, 0) is 48.9 Å². The number of furan rings is 1. The molecule has 0 amide bonds. The second-order valence-electron chi connectivity index (χ2n) is 4.93. The van der Waals surface area contributed by atoms with Crippen molar-refractivity contribution in [1.29, 1.82) is 0 Å². The summed E-state index contributed by atoms with van der Waals surface area (Å²) in [6.45, 7) is 2.04. The zero-order valence-electron chi connectivity index (χ0n) is 12.0. The van der Waals surface area contributed by atoms with Crippen LogP contribution in [0.2, 0.25) is 0 Å². The first-order valence-electron chi connectivity index (χ1n) is 6.82. The van der Waals surface area contributed by atoms with E-state index in [2.05, 4.69) is 20.9 Å². The maximum atomic E-state index is 9.68. The van der Waals surface area contributed by atoms with Crippen LogP contribution in [0, 0.1) is 6.92 Å². The molecule has 1 N–H and O–H groups in total. The number of aliphatic imine (C=N–C) groups is 1. The summed E-state index contributed by atoms with van der Waals surface area (Å²) >= 11 is 3.55. The lowest BCUT2D eigenvalue weighted by Crippen LogP contribution is -1.79. The van der Waals surface area contributed by atoms with Gasteiger partial charge in [0, 0.05) is 10.0 Å². The standard InChI is InChI=1S/C18H14BrNO2/c1-12-6-8-14(15(19)10-12)18-9-7-13(22-18)11-20-16-4-2-3-5-17(16)21/h2-11,21H,1H3. The molecule has 0 unspecified atom stereocenters. The van der Waals surface area contributed by atoms with Crippen LogP contribution >= 0.6 is 15.9 Å². The summed E-state index contributed by atoms with van der Waals surface area (Å²) in [5.74, 6) is 1.54. The van der Waals surface area contributed by atoms with E-state index < -0.39 is 0 Å². The lowest BCUT2D eigenvalue weighted by atomic mass is 10.1. The van der Waals surface area contributed by atoms with Crippen molar-refractivity contribution in [2.24, 2.45) is 4.99 Å². The van der Waals surface area contributed by atoms with Gasteiger partial charge in [-0.3, -0.25) is 0 Å². The quantitative estimate of drug-likeness (QED) is 0.632. The summed E-state index contributed by atoms with van der Waals surface area (Å²) in [4.78, 5) is 4.24. The van der Waals surface area contributed by atoms with Crippen molar-refractivity contribution >= 4 is 27.8 Å². The number of aromatic hydroxyl groups is 1. The van der Waals surface area contributed by atoms with Crippen molar-refractivity contribution in [2.45, 2.75) is 6.92 Å². The third-order valence-corrected chi connectivity index (χ3v) is 3.89. The number of hydrogen-bond acceptors (Lipinski definition) is 3. The lowest BCUT2D eigenvalue weighted by molar-refractivity contribution is 0.477. The van der Waals surface area contributed by atoms with E-state index in [-0.39, 0.29) is 5.75 Å². The highest BCUT2D eigenvalue weighted by molar-refractivity contribution is 9.10. The second kappa shape index (κ2) is 6.20. The van der Waals surface area contributed by atoms with Crippen LogP contribution < -0.4 is 0 Å². The Bertz CT molecular complexity index is 837. The van der Waals surface area contributed by atoms with Crippen molar-refractivity contribution < 1.29 is 9.52 Å². The Kier molecular flexibility index (Phi) is 4.11. The van der Waals surface area contributed by atoms with Gasteiger partial charge in [0.25, 0.3) is 0 Å². The maximum Gasteiger partial charge on any atom is 0.145 e. The van der Waals surface area contributed by atoms with E-state index in [0.717, 1.165) is 15.8 Å². The first-order valence-corrected chi connectivity index (χ1v) is 7.61. The van der Waals surface area contributed by atoms with Gasteiger partial charge in [-0.15, -0.1) is 0 Å². The lowest BCUT2D eigenvalue weighted by Gasteiger charge is -2.02. The molecule has 3 nitrogen and oxygen atoms in total.